The van der Waals surface area contributed by atoms with Crippen LogP contribution in [0, 0.1) is 18.6 Å². The summed E-state index contributed by atoms with van der Waals surface area (Å²) in [6.45, 7) is 3.96. The van der Waals surface area contributed by atoms with Crippen LogP contribution in [0.25, 0.3) is 11.5 Å². The van der Waals surface area contributed by atoms with E-state index in [-0.39, 0.29) is 0 Å². The molecule has 0 aliphatic carbocycles. The first-order valence-corrected chi connectivity index (χ1v) is 6.86. The van der Waals surface area contributed by atoms with Gasteiger partial charge in [-0.3, -0.25) is 5.10 Å². The van der Waals surface area contributed by atoms with Crippen LogP contribution < -0.4 is 0 Å². The van der Waals surface area contributed by atoms with Crippen LogP contribution in [0.15, 0.2) is 35.4 Å². The highest BCUT2D eigenvalue weighted by Crippen LogP contribution is 2.15. The van der Waals surface area contributed by atoms with E-state index in [2.05, 4.69) is 25.5 Å². The number of nitrogens with one attached hydrogen (secondary N) is 2. The normalized spacial score (nSPS) is 11.3. The second kappa shape index (κ2) is 5.45. The number of rotatable bonds is 3. The van der Waals surface area contributed by atoms with Crippen molar-refractivity contribution in [1.29, 1.82) is 0 Å². The molecule has 2 aromatic heterocycles. The van der Waals surface area contributed by atoms with Crippen molar-refractivity contribution in [2.75, 3.05) is 0 Å². The van der Waals surface area contributed by atoms with Gasteiger partial charge in [0.05, 0.1) is 6.21 Å². The second-order valence-electron chi connectivity index (χ2n) is 4.70. The number of aromatic nitrogens is 5. The summed E-state index contributed by atoms with van der Waals surface area (Å²) >= 11 is 5.22. The number of aryl methyl sites for hydroxylation is 2. The lowest BCUT2D eigenvalue weighted by atomic mass is 10.1. The Balaban J connectivity index is 2.02. The van der Waals surface area contributed by atoms with E-state index in [9.17, 15) is 0 Å². The molecule has 21 heavy (non-hydrogen) atoms. The number of hydrogen-bond acceptors (Lipinski definition) is 4. The van der Waals surface area contributed by atoms with E-state index in [1.807, 2.05) is 44.2 Å². The molecule has 2 N–H and O–H groups in total. The third-order valence-corrected chi connectivity index (χ3v) is 3.35. The zero-order valence-electron chi connectivity index (χ0n) is 11.7. The van der Waals surface area contributed by atoms with E-state index in [4.69, 9.17) is 12.2 Å². The minimum Gasteiger partial charge on any atom is -0.282 e. The Morgan fingerprint density at radius 3 is 2.71 bits per heavy atom. The molecule has 7 heteroatoms. The van der Waals surface area contributed by atoms with Gasteiger partial charge in [0.2, 0.25) is 10.6 Å². The van der Waals surface area contributed by atoms with Crippen molar-refractivity contribution in [2.24, 2.45) is 5.10 Å². The molecule has 0 unspecified atom stereocenters. The van der Waals surface area contributed by atoms with Crippen molar-refractivity contribution >= 4 is 18.4 Å². The summed E-state index contributed by atoms with van der Waals surface area (Å²) < 4.78 is 1.99. The molecule has 0 fully saturated rings. The Morgan fingerprint density at radius 1 is 1.19 bits per heavy atom. The fourth-order valence-electron chi connectivity index (χ4n) is 1.95. The van der Waals surface area contributed by atoms with Crippen molar-refractivity contribution < 1.29 is 0 Å². The number of aromatic amines is 2. The molecule has 0 saturated carbocycles. The monoisotopic (exact) mass is 298 g/mol. The Bertz CT molecular complexity index is 854. The van der Waals surface area contributed by atoms with Crippen LogP contribution >= 0.6 is 12.2 Å². The third-order valence-electron chi connectivity index (χ3n) is 3.09. The number of benzene rings is 1. The number of hydrogen-bond donors (Lipinski definition) is 2. The third kappa shape index (κ3) is 2.68. The smallest absolute Gasteiger partial charge is 0.216 e. The van der Waals surface area contributed by atoms with Crippen molar-refractivity contribution in [3.8, 4) is 11.5 Å². The van der Waals surface area contributed by atoms with Gasteiger partial charge in [0.25, 0.3) is 0 Å². The van der Waals surface area contributed by atoms with Crippen LogP contribution in [0.2, 0.25) is 0 Å². The van der Waals surface area contributed by atoms with Crippen molar-refractivity contribution in [3.63, 3.8) is 0 Å². The number of nitrogens with zero attached hydrogens (tertiary/aromatic N) is 4. The van der Waals surface area contributed by atoms with Gasteiger partial charge in [-0.05, 0) is 43.3 Å². The van der Waals surface area contributed by atoms with E-state index in [0.717, 1.165) is 16.8 Å². The van der Waals surface area contributed by atoms with Gasteiger partial charge in [0, 0.05) is 5.69 Å². The van der Waals surface area contributed by atoms with Crippen molar-refractivity contribution in [3.05, 3.63) is 51.9 Å². The molecule has 0 saturated heterocycles. The Hall–Kier alpha value is -2.54. The molecule has 0 spiro atoms. The summed E-state index contributed by atoms with van der Waals surface area (Å²) in [5.41, 5.74) is 3.83. The zero-order chi connectivity index (χ0) is 14.8. The van der Waals surface area contributed by atoms with E-state index in [1.165, 1.54) is 0 Å². The molecule has 0 radical (unpaired) electrons. The van der Waals surface area contributed by atoms with Crippen LogP contribution in [0.1, 0.15) is 16.8 Å². The Labute approximate surface area is 126 Å². The molecule has 1 aromatic carbocycles. The lowest BCUT2D eigenvalue weighted by Crippen LogP contribution is -1.96. The molecule has 2 heterocycles. The molecule has 3 aromatic rings. The SMILES string of the molecule is Cc1cc(-c2n[nH]c(=S)n2/N=C/c2ccccc2C)n[nH]1. The van der Waals surface area contributed by atoms with E-state index in [1.54, 1.807) is 10.9 Å². The van der Waals surface area contributed by atoms with E-state index in [0.29, 0.717) is 16.3 Å². The van der Waals surface area contributed by atoms with Crippen LogP contribution in [0.4, 0.5) is 0 Å². The minimum atomic E-state index is 0.426. The van der Waals surface area contributed by atoms with Gasteiger partial charge in [0.15, 0.2) is 0 Å². The summed E-state index contributed by atoms with van der Waals surface area (Å²) in [6.07, 6.45) is 1.77. The average Bonchev–Trinajstić information content (AvgIpc) is 3.04. The first-order valence-electron chi connectivity index (χ1n) is 6.45. The van der Waals surface area contributed by atoms with Crippen molar-refractivity contribution in [2.45, 2.75) is 13.8 Å². The molecule has 6 nitrogen and oxygen atoms in total. The maximum absolute atomic E-state index is 5.22. The Kier molecular flexibility index (Phi) is 3.49. The molecule has 106 valence electrons. The topological polar surface area (TPSA) is 74.7 Å². The second-order valence-corrected chi connectivity index (χ2v) is 5.09. The highest BCUT2D eigenvalue weighted by Gasteiger charge is 2.10. The first-order chi connectivity index (χ1) is 10.1. The van der Waals surface area contributed by atoms with Gasteiger partial charge >= 0.3 is 0 Å². The van der Waals surface area contributed by atoms with E-state index >= 15 is 0 Å². The summed E-state index contributed by atoms with van der Waals surface area (Å²) in [7, 11) is 0. The lowest BCUT2D eigenvalue weighted by molar-refractivity contribution is 0.865. The molecule has 0 bridgehead atoms. The highest BCUT2D eigenvalue weighted by molar-refractivity contribution is 7.71. The predicted octanol–water partition coefficient (Wildman–Crippen LogP) is 2.83. The highest BCUT2D eigenvalue weighted by atomic mass is 32.1. The number of H-pyrrole nitrogens is 2. The van der Waals surface area contributed by atoms with Gasteiger partial charge in [-0.1, -0.05) is 24.3 Å². The van der Waals surface area contributed by atoms with Gasteiger partial charge < -0.3 is 0 Å². The van der Waals surface area contributed by atoms with Gasteiger partial charge in [-0.2, -0.15) is 20.0 Å². The molecular weight excluding hydrogens is 284 g/mol. The quantitative estimate of drug-likeness (QED) is 0.577. The fourth-order valence-corrected chi connectivity index (χ4v) is 2.13. The largest absolute Gasteiger partial charge is 0.282 e. The summed E-state index contributed by atoms with van der Waals surface area (Å²) in [5, 5.41) is 18.4. The van der Waals surface area contributed by atoms with Gasteiger partial charge in [-0.25, -0.2) is 5.10 Å². The lowest BCUT2D eigenvalue weighted by Gasteiger charge is -1.99. The molecule has 3 rings (SSSR count). The van der Waals surface area contributed by atoms with Crippen molar-refractivity contribution in [1.82, 2.24) is 25.1 Å². The van der Waals surface area contributed by atoms with Crippen LogP contribution in [0.3, 0.4) is 0 Å². The predicted molar refractivity (Wildman–Crippen MR) is 83.9 cm³/mol. The zero-order valence-corrected chi connectivity index (χ0v) is 12.5. The standard InChI is InChI=1S/C14H14N6S/c1-9-5-3-4-6-11(9)8-15-20-13(18-19-14(20)21)12-7-10(2)16-17-12/h3-8H,1-2H3,(H,16,17)(H,19,21)/b15-8+. The van der Waals surface area contributed by atoms with Crippen LogP contribution in [-0.4, -0.2) is 31.3 Å². The molecule has 0 aliphatic rings. The molecule has 0 aliphatic heterocycles. The average molecular weight is 298 g/mol. The maximum Gasteiger partial charge on any atom is 0.216 e. The molecule has 0 amide bonds. The molecule has 0 atom stereocenters. The van der Waals surface area contributed by atoms with Crippen LogP contribution in [0.5, 0.6) is 0 Å². The Morgan fingerprint density at radius 2 is 2.00 bits per heavy atom. The summed E-state index contributed by atoms with van der Waals surface area (Å²) in [6, 6.07) is 9.90. The summed E-state index contributed by atoms with van der Waals surface area (Å²) in [4.78, 5) is 0. The first kappa shape index (κ1) is 13.4. The fraction of sp³-hybridized carbons (Fsp3) is 0.143. The van der Waals surface area contributed by atoms with Gasteiger partial charge in [-0.15, -0.1) is 0 Å². The van der Waals surface area contributed by atoms with Crippen LogP contribution in [-0.2, 0) is 0 Å². The van der Waals surface area contributed by atoms with E-state index < -0.39 is 0 Å². The minimum absolute atomic E-state index is 0.426. The maximum atomic E-state index is 5.22. The van der Waals surface area contributed by atoms with Gasteiger partial charge in [0.1, 0.15) is 5.69 Å². The summed E-state index contributed by atoms with van der Waals surface area (Å²) in [5.74, 6) is 0.578. The molecular formula is C14H14N6S.